The number of carbonyl (C=O) groups is 2. The Hall–Kier alpha value is -3.79. The van der Waals surface area contributed by atoms with Crippen LogP contribution in [0.15, 0.2) is 60.2 Å². The molecule has 0 aromatic heterocycles. The minimum absolute atomic E-state index is 0.0221. The number of hydrogen-bond acceptors (Lipinski definition) is 4. The lowest BCUT2D eigenvalue weighted by Crippen LogP contribution is -2.39. The first-order chi connectivity index (χ1) is 17.3. The van der Waals surface area contributed by atoms with Gasteiger partial charge < -0.3 is 20.7 Å². The van der Waals surface area contributed by atoms with E-state index in [9.17, 15) is 9.59 Å². The Morgan fingerprint density at radius 3 is 2.56 bits per heavy atom. The number of nitriles is 1. The monoisotopic (exact) mass is 488 g/mol. The fourth-order valence-corrected chi connectivity index (χ4v) is 4.79. The zero-order chi connectivity index (χ0) is 26.1. The number of amides is 3. The molecule has 0 spiro atoms. The van der Waals surface area contributed by atoms with Crippen molar-refractivity contribution in [3.8, 4) is 11.8 Å². The molecular formula is C29H36N4O3. The van der Waals surface area contributed by atoms with Crippen molar-refractivity contribution < 1.29 is 14.3 Å². The third-order valence-electron chi connectivity index (χ3n) is 6.91. The lowest BCUT2D eigenvalue weighted by Gasteiger charge is -2.37. The number of hydrogen-bond donors (Lipinski definition) is 3. The van der Waals surface area contributed by atoms with Gasteiger partial charge in [-0.1, -0.05) is 43.7 Å². The molecule has 0 aliphatic heterocycles. The van der Waals surface area contributed by atoms with Crippen LogP contribution in [-0.2, 0) is 11.3 Å². The van der Waals surface area contributed by atoms with E-state index in [0.29, 0.717) is 48.3 Å². The van der Waals surface area contributed by atoms with E-state index >= 15 is 0 Å². The highest BCUT2D eigenvalue weighted by molar-refractivity contribution is 5.89. The Labute approximate surface area is 213 Å². The summed E-state index contributed by atoms with van der Waals surface area (Å²) in [6, 6.07) is 16.3. The summed E-state index contributed by atoms with van der Waals surface area (Å²) >= 11 is 0. The highest BCUT2D eigenvalue weighted by Gasteiger charge is 2.32. The van der Waals surface area contributed by atoms with E-state index in [0.717, 1.165) is 12.0 Å². The van der Waals surface area contributed by atoms with Gasteiger partial charge in [0, 0.05) is 31.3 Å². The molecule has 0 radical (unpaired) electrons. The van der Waals surface area contributed by atoms with Gasteiger partial charge in [0.25, 0.3) is 0 Å². The van der Waals surface area contributed by atoms with Crippen LogP contribution in [0.2, 0.25) is 0 Å². The maximum absolute atomic E-state index is 12.7. The summed E-state index contributed by atoms with van der Waals surface area (Å²) in [6.45, 7) is 7.46. The fourth-order valence-electron chi connectivity index (χ4n) is 4.79. The van der Waals surface area contributed by atoms with Gasteiger partial charge in [-0.25, -0.2) is 4.79 Å². The van der Waals surface area contributed by atoms with E-state index in [1.54, 1.807) is 25.3 Å². The first-order valence-corrected chi connectivity index (χ1v) is 12.4. The van der Waals surface area contributed by atoms with Crippen molar-refractivity contribution >= 4 is 17.6 Å². The Bertz CT molecular complexity index is 1120. The van der Waals surface area contributed by atoms with E-state index in [-0.39, 0.29) is 23.8 Å². The third-order valence-corrected chi connectivity index (χ3v) is 6.91. The molecule has 1 aliphatic carbocycles. The fraction of sp³-hybridized carbons (Fsp3) is 0.414. The second-order valence-electron chi connectivity index (χ2n) is 9.77. The molecule has 3 amide bonds. The molecule has 190 valence electrons. The lowest BCUT2D eigenvalue weighted by atomic mass is 9.70. The predicted octanol–water partition coefficient (Wildman–Crippen LogP) is 5.25. The summed E-state index contributed by atoms with van der Waals surface area (Å²) in [7, 11) is 1.59. The van der Waals surface area contributed by atoms with Crippen molar-refractivity contribution in [2.75, 3.05) is 19.0 Å². The number of carbonyl (C=O) groups excluding carboxylic acids is 2. The Morgan fingerprint density at radius 1 is 1.14 bits per heavy atom. The van der Waals surface area contributed by atoms with Gasteiger partial charge in [-0.15, -0.1) is 0 Å². The number of urea groups is 1. The molecule has 7 heteroatoms. The Kier molecular flexibility index (Phi) is 9.52. The molecule has 0 bridgehead atoms. The maximum Gasteiger partial charge on any atom is 0.319 e. The summed E-state index contributed by atoms with van der Waals surface area (Å²) in [5.74, 6) is 1.88. The average molecular weight is 489 g/mol. The molecular weight excluding hydrogens is 452 g/mol. The van der Waals surface area contributed by atoms with Crippen LogP contribution in [0.5, 0.6) is 5.75 Å². The SMILES string of the molecule is COc1cccc(NC(=O)NCC2C=C(C)C(CC(=O)NCc3ccc(C#N)cc3)CC2C(C)C)c1. The van der Waals surface area contributed by atoms with Crippen LogP contribution in [0, 0.1) is 35.0 Å². The summed E-state index contributed by atoms with van der Waals surface area (Å²) in [5, 5.41) is 17.8. The predicted molar refractivity (Wildman–Crippen MR) is 141 cm³/mol. The van der Waals surface area contributed by atoms with Crippen LogP contribution >= 0.6 is 0 Å². The van der Waals surface area contributed by atoms with Crippen LogP contribution in [0.4, 0.5) is 10.5 Å². The average Bonchev–Trinajstić information content (AvgIpc) is 2.87. The standard InChI is InChI=1S/C29H36N4O3/c1-19(2)27-13-23(14-28(34)31-17-22-10-8-21(16-30)9-11-22)20(3)12-24(27)18-32-29(35)33-25-6-5-7-26(15-25)36-4/h5-12,15,19,23-24,27H,13-14,17-18H2,1-4H3,(H,31,34)(H2,32,33,35). The van der Waals surface area contributed by atoms with Gasteiger partial charge in [-0.3, -0.25) is 4.79 Å². The molecule has 36 heavy (non-hydrogen) atoms. The maximum atomic E-state index is 12.7. The molecule has 3 rings (SSSR count). The Morgan fingerprint density at radius 2 is 1.89 bits per heavy atom. The van der Waals surface area contributed by atoms with Gasteiger partial charge in [0.05, 0.1) is 18.7 Å². The van der Waals surface area contributed by atoms with Crippen molar-refractivity contribution in [3.63, 3.8) is 0 Å². The van der Waals surface area contributed by atoms with Gasteiger partial charge in [0.2, 0.25) is 5.91 Å². The largest absolute Gasteiger partial charge is 0.497 e. The number of benzene rings is 2. The molecule has 2 aromatic carbocycles. The number of methoxy groups -OCH3 is 1. The zero-order valence-electron chi connectivity index (χ0n) is 21.5. The number of nitrogens with one attached hydrogen (secondary N) is 3. The summed E-state index contributed by atoms with van der Waals surface area (Å²) < 4.78 is 5.21. The second-order valence-corrected chi connectivity index (χ2v) is 9.77. The quantitative estimate of drug-likeness (QED) is 0.420. The van der Waals surface area contributed by atoms with E-state index in [2.05, 4.69) is 48.9 Å². The number of ether oxygens (including phenoxy) is 1. The molecule has 3 unspecified atom stereocenters. The highest BCUT2D eigenvalue weighted by atomic mass is 16.5. The van der Waals surface area contributed by atoms with E-state index in [1.165, 1.54) is 5.57 Å². The number of nitrogens with zero attached hydrogens (tertiary/aromatic N) is 1. The van der Waals surface area contributed by atoms with Gasteiger partial charge in [-0.05, 0) is 66.8 Å². The number of allylic oxidation sites excluding steroid dienone is 1. The summed E-state index contributed by atoms with van der Waals surface area (Å²) in [6.07, 6.45) is 3.59. The molecule has 1 aliphatic rings. The first-order valence-electron chi connectivity index (χ1n) is 12.4. The van der Waals surface area contributed by atoms with Crippen LogP contribution in [0.1, 0.15) is 44.7 Å². The molecule has 0 saturated heterocycles. The molecule has 3 atom stereocenters. The van der Waals surface area contributed by atoms with Crippen molar-refractivity contribution in [3.05, 3.63) is 71.3 Å². The van der Waals surface area contributed by atoms with Gasteiger partial charge >= 0.3 is 6.03 Å². The minimum atomic E-state index is -0.249. The molecule has 7 nitrogen and oxygen atoms in total. The van der Waals surface area contributed by atoms with E-state index < -0.39 is 0 Å². The van der Waals surface area contributed by atoms with E-state index in [4.69, 9.17) is 10.00 Å². The minimum Gasteiger partial charge on any atom is -0.497 e. The van der Waals surface area contributed by atoms with Crippen LogP contribution < -0.4 is 20.7 Å². The summed E-state index contributed by atoms with van der Waals surface area (Å²) in [4.78, 5) is 25.2. The first kappa shape index (κ1) is 26.8. The zero-order valence-corrected chi connectivity index (χ0v) is 21.5. The highest BCUT2D eigenvalue weighted by Crippen LogP contribution is 2.38. The topological polar surface area (TPSA) is 103 Å². The number of anilines is 1. The van der Waals surface area contributed by atoms with Crippen LogP contribution in [0.3, 0.4) is 0 Å². The molecule has 0 fully saturated rings. The van der Waals surface area contributed by atoms with Gasteiger partial charge in [0.15, 0.2) is 0 Å². The van der Waals surface area contributed by atoms with Crippen LogP contribution in [0.25, 0.3) is 0 Å². The molecule has 3 N–H and O–H groups in total. The smallest absolute Gasteiger partial charge is 0.319 e. The third kappa shape index (κ3) is 7.61. The normalized spacial score (nSPS) is 19.1. The Balaban J connectivity index is 1.54. The number of rotatable bonds is 9. The van der Waals surface area contributed by atoms with Crippen molar-refractivity contribution in [2.24, 2.45) is 23.7 Å². The van der Waals surface area contributed by atoms with Gasteiger partial charge in [0.1, 0.15) is 5.75 Å². The van der Waals surface area contributed by atoms with Crippen molar-refractivity contribution in [1.29, 1.82) is 5.26 Å². The molecule has 2 aromatic rings. The second kappa shape index (κ2) is 12.8. The molecule has 0 heterocycles. The molecule has 0 saturated carbocycles. The van der Waals surface area contributed by atoms with Crippen molar-refractivity contribution in [1.82, 2.24) is 10.6 Å². The van der Waals surface area contributed by atoms with Crippen molar-refractivity contribution in [2.45, 2.75) is 40.2 Å². The summed E-state index contributed by atoms with van der Waals surface area (Å²) in [5.41, 5.74) is 3.45. The van der Waals surface area contributed by atoms with Crippen LogP contribution in [-0.4, -0.2) is 25.6 Å². The lowest BCUT2D eigenvalue weighted by molar-refractivity contribution is -0.122. The van der Waals surface area contributed by atoms with Gasteiger partial charge in [-0.2, -0.15) is 5.26 Å². The van der Waals surface area contributed by atoms with E-state index in [1.807, 2.05) is 30.3 Å².